The Labute approximate surface area is 123 Å². The minimum atomic E-state index is -4.73. The number of carbonyl (C=O) groups is 2. The fourth-order valence-corrected chi connectivity index (χ4v) is 2.23. The summed E-state index contributed by atoms with van der Waals surface area (Å²) < 4.78 is 45.0. The van der Waals surface area contributed by atoms with Crippen LogP contribution in [0.1, 0.15) is 23.0 Å². The van der Waals surface area contributed by atoms with Crippen LogP contribution in [0.5, 0.6) is 0 Å². The first-order valence-electron chi connectivity index (χ1n) is 6.52. The van der Waals surface area contributed by atoms with Crippen LogP contribution in [-0.2, 0) is 22.3 Å². The number of carbonyl (C=O) groups excluding carboxylic acids is 1. The van der Waals surface area contributed by atoms with E-state index in [-0.39, 0.29) is 26.2 Å². The summed E-state index contributed by atoms with van der Waals surface area (Å²) in [5.74, 6) is -2.17. The van der Waals surface area contributed by atoms with Gasteiger partial charge in [0.05, 0.1) is 24.9 Å². The van der Waals surface area contributed by atoms with E-state index in [0.717, 1.165) is 11.1 Å². The SMILES string of the molecule is CCn1ncc(C(=O)N2CCO[C@@H](C(=O)O)C2)c1C(F)(F)F. The summed E-state index contributed by atoms with van der Waals surface area (Å²) in [5.41, 5.74) is -1.71. The van der Waals surface area contributed by atoms with E-state index in [9.17, 15) is 22.8 Å². The largest absolute Gasteiger partial charge is 0.479 e. The number of alkyl halides is 3. The number of hydrogen-bond donors (Lipinski definition) is 1. The first-order valence-corrected chi connectivity index (χ1v) is 6.52. The van der Waals surface area contributed by atoms with E-state index in [0.29, 0.717) is 4.68 Å². The molecule has 0 spiro atoms. The Hall–Kier alpha value is -2.10. The number of rotatable bonds is 3. The first-order chi connectivity index (χ1) is 10.3. The number of carboxylic acid groups (broad SMARTS) is 1. The molecule has 1 saturated heterocycles. The molecule has 10 heteroatoms. The van der Waals surface area contributed by atoms with Crippen molar-refractivity contribution in [3.63, 3.8) is 0 Å². The summed E-state index contributed by atoms with van der Waals surface area (Å²) in [6.45, 7) is 1.11. The fourth-order valence-electron chi connectivity index (χ4n) is 2.23. The van der Waals surface area contributed by atoms with Crippen molar-refractivity contribution in [2.24, 2.45) is 0 Å². The third-order valence-corrected chi connectivity index (χ3v) is 3.27. The summed E-state index contributed by atoms with van der Waals surface area (Å²) in [4.78, 5) is 24.2. The quantitative estimate of drug-likeness (QED) is 0.892. The number of aliphatic carboxylic acids is 1. The monoisotopic (exact) mass is 321 g/mol. The van der Waals surface area contributed by atoms with Crippen LogP contribution < -0.4 is 0 Å². The maximum absolute atomic E-state index is 13.1. The van der Waals surface area contributed by atoms with E-state index < -0.39 is 35.4 Å². The zero-order valence-corrected chi connectivity index (χ0v) is 11.6. The topological polar surface area (TPSA) is 84.7 Å². The second kappa shape index (κ2) is 5.95. The Kier molecular flexibility index (Phi) is 4.40. The zero-order chi connectivity index (χ0) is 16.5. The lowest BCUT2D eigenvalue weighted by Gasteiger charge is -2.30. The van der Waals surface area contributed by atoms with Crippen molar-refractivity contribution in [2.45, 2.75) is 25.7 Å². The van der Waals surface area contributed by atoms with Crippen molar-refractivity contribution in [3.05, 3.63) is 17.5 Å². The van der Waals surface area contributed by atoms with E-state index in [2.05, 4.69) is 5.10 Å². The van der Waals surface area contributed by atoms with Gasteiger partial charge in [-0.2, -0.15) is 18.3 Å². The molecule has 122 valence electrons. The number of aryl methyl sites for hydroxylation is 1. The van der Waals surface area contributed by atoms with Crippen LogP contribution in [0.3, 0.4) is 0 Å². The van der Waals surface area contributed by atoms with Gasteiger partial charge in [0.25, 0.3) is 5.91 Å². The van der Waals surface area contributed by atoms with E-state index in [1.807, 2.05) is 0 Å². The van der Waals surface area contributed by atoms with Crippen molar-refractivity contribution in [2.75, 3.05) is 19.7 Å². The molecule has 0 unspecified atom stereocenters. The summed E-state index contributed by atoms with van der Waals surface area (Å²) in [5, 5.41) is 12.4. The predicted octanol–water partition coefficient (Wildman–Crippen LogP) is 0.847. The Morgan fingerprint density at radius 1 is 1.50 bits per heavy atom. The summed E-state index contributed by atoms with van der Waals surface area (Å²) >= 11 is 0. The highest BCUT2D eigenvalue weighted by molar-refractivity contribution is 5.95. The average molecular weight is 321 g/mol. The Balaban J connectivity index is 2.30. The fraction of sp³-hybridized carbons (Fsp3) is 0.583. The van der Waals surface area contributed by atoms with Crippen LogP contribution in [0.15, 0.2) is 6.20 Å². The van der Waals surface area contributed by atoms with Gasteiger partial charge in [-0.1, -0.05) is 0 Å². The summed E-state index contributed by atoms with van der Waals surface area (Å²) in [7, 11) is 0. The van der Waals surface area contributed by atoms with Crippen molar-refractivity contribution in [1.29, 1.82) is 0 Å². The highest BCUT2D eigenvalue weighted by Gasteiger charge is 2.41. The lowest BCUT2D eigenvalue weighted by Crippen LogP contribution is -2.48. The predicted molar refractivity (Wildman–Crippen MR) is 66.2 cm³/mol. The molecular formula is C12H14F3N3O4. The third-order valence-electron chi connectivity index (χ3n) is 3.27. The van der Waals surface area contributed by atoms with E-state index in [1.54, 1.807) is 0 Å². The average Bonchev–Trinajstić information content (AvgIpc) is 2.90. The van der Waals surface area contributed by atoms with Crippen LogP contribution >= 0.6 is 0 Å². The van der Waals surface area contributed by atoms with Gasteiger partial charge in [-0.25, -0.2) is 4.79 Å². The van der Waals surface area contributed by atoms with Crippen LogP contribution in [0.4, 0.5) is 13.2 Å². The number of morpholine rings is 1. The number of halogens is 3. The standard InChI is InChI=1S/C12H14F3N3O4/c1-2-18-9(12(13,14)15)7(5-16-18)10(19)17-3-4-22-8(6-17)11(20)21/h5,8H,2-4,6H2,1H3,(H,20,21)/t8-/m1/s1. The van der Waals surface area contributed by atoms with Crippen LogP contribution in [0.25, 0.3) is 0 Å². The third kappa shape index (κ3) is 3.06. The molecule has 22 heavy (non-hydrogen) atoms. The molecule has 1 N–H and O–H groups in total. The van der Waals surface area contributed by atoms with Crippen LogP contribution in [0, 0.1) is 0 Å². The van der Waals surface area contributed by atoms with Gasteiger partial charge in [0.1, 0.15) is 0 Å². The molecule has 1 amide bonds. The number of aromatic nitrogens is 2. The van der Waals surface area contributed by atoms with Crippen molar-refractivity contribution in [3.8, 4) is 0 Å². The molecule has 2 rings (SSSR count). The second-order valence-electron chi connectivity index (χ2n) is 4.67. The zero-order valence-electron chi connectivity index (χ0n) is 11.6. The number of amides is 1. The molecule has 1 aliphatic rings. The van der Waals surface area contributed by atoms with Crippen molar-refractivity contribution < 1.29 is 32.6 Å². The molecule has 0 radical (unpaired) electrons. The molecule has 0 aliphatic carbocycles. The Morgan fingerprint density at radius 2 is 2.18 bits per heavy atom. The Bertz CT molecular complexity index is 585. The molecule has 0 bridgehead atoms. The number of ether oxygens (including phenoxy) is 1. The molecule has 7 nitrogen and oxygen atoms in total. The van der Waals surface area contributed by atoms with Crippen LogP contribution in [0.2, 0.25) is 0 Å². The van der Waals surface area contributed by atoms with Gasteiger partial charge in [-0.05, 0) is 6.92 Å². The lowest BCUT2D eigenvalue weighted by atomic mass is 10.1. The van der Waals surface area contributed by atoms with Gasteiger partial charge in [0, 0.05) is 13.1 Å². The first kappa shape index (κ1) is 16.3. The molecule has 1 fully saturated rings. The van der Waals surface area contributed by atoms with Gasteiger partial charge in [0.15, 0.2) is 11.8 Å². The van der Waals surface area contributed by atoms with Crippen molar-refractivity contribution in [1.82, 2.24) is 14.7 Å². The maximum Gasteiger partial charge on any atom is 0.433 e. The second-order valence-corrected chi connectivity index (χ2v) is 4.67. The lowest BCUT2D eigenvalue weighted by molar-refractivity contribution is -0.155. The number of nitrogens with zero attached hydrogens (tertiary/aromatic N) is 3. The highest BCUT2D eigenvalue weighted by Crippen LogP contribution is 2.32. The smallest absolute Gasteiger partial charge is 0.433 e. The maximum atomic E-state index is 13.1. The molecule has 1 atom stereocenters. The van der Waals surface area contributed by atoms with Gasteiger partial charge < -0.3 is 14.7 Å². The molecule has 0 aromatic carbocycles. The van der Waals surface area contributed by atoms with Gasteiger partial charge >= 0.3 is 12.1 Å². The molecule has 0 saturated carbocycles. The van der Waals surface area contributed by atoms with Crippen LogP contribution in [-0.4, -0.2) is 57.5 Å². The van der Waals surface area contributed by atoms with Gasteiger partial charge in [0.2, 0.25) is 0 Å². The Morgan fingerprint density at radius 3 is 2.73 bits per heavy atom. The normalized spacial score (nSPS) is 19.3. The van der Waals surface area contributed by atoms with E-state index in [4.69, 9.17) is 9.84 Å². The molecule has 1 aromatic heterocycles. The minimum absolute atomic E-state index is 0.0250. The van der Waals surface area contributed by atoms with Gasteiger partial charge in [-0.15, -0.1) is 0 Å². The number of hydrogen-bond acceptors (Lipinski definition) is 4. The summed E-state index contributed by atoms with van der Waals surface area (Å²) in [6, 6.07) is 0. The number of carboxylic acids is 1. The summed E-state index contributed by atoms with van der Waals surface area (Å²) in [6.07, 6.45) is -5.11. The van der Waals surface area contributed by atoms with E-state index in [1.165, 1.54) is 6.92 Å². The van der Waals surface area contributed by atoms with Gasteiger partial charge in [-0.3, -0.25) is 9.48 Å². The molecule has 1 aromatic rings. The highest BCUT2D eigenvalue weighted by atomic mass is 19.4. The molecular weight excluding hydrogens is 307 g/mol. The minimum Gasteiger partial charge on any atom is -0.479 e. The molecule has 2 heterocycles. The van der Waals surface area contributed by atoms with Crippen molar-refractivity contribution >= 4 is 11.9 Å². The molecule has 1 aliphatic heterocycles. The van der Waals surface area contributed by atoms with E-state index >= 15 is 0 Å².